The number of rotatable bonds is 5. The van der Waals surface area contributed by atoms with E-state index < -0.39 is 0 Å². The van der Waals surface area contributed by atoms with Gasteiger partial charge in [-0.2, -0.15) is 0 Å². The second-order valence-corrected chi connectivity index (χ2v) is 6.18. The third kappa shape index (κ3) is 4.11. The van der Waals surface area contributed by atoms with Gasteiger partial charge in [-0.3, -0.25) is 0 Å². The standard InChI is InChI=1S/C16H17ClINO/c1-3-19-11(2)12-4-9-16(15(17)10-12)20-14-7-5-13(18)6-8-14/h4-11,19H,3H2,1-2H3. The van der Waals surface area contributed by atoms with Gasteiger partial charge in [-0.05, 0) is 78.0 Å². The molecule has 0 amide bonds. The largest absolute Gasteiger partial charge is 0.456 e. The maximum absolute atomic E-state index is 6.30. The van der Waals surface area contributed by atoms with E-state index in [9.17, 15) is 0 Å². The van der Waals surface area contributed by atoms with Crippen LogP contribution in [0.1, 0.15) is 25.5 Å². The van der Waals surface area contributed by atoms with Gasteiger partial charge in [0.25, 0.3) is 0 Å². The minimum absolute atomic E-state index is 0.282. The van der Waals surface area contributed by atoms with Crippen molar-refractivity contribution >= 4 is 34.2 Å². The van der Waals surface area contributed by atoms with Gasteiger partial charge >= 0.3 is 0 Å². The SMILES string of the molecule is CCNC(C)c1ccc(Oc2ccc(I)cc2)c(Cl)c1. The zero-order valence-corrected chi connectivity index (χ0v) is 14.4. The van der Waals surface area contributed by atoms with Gasteiger partial charge in [0.2, 0.25) is 0 Å². The second kappa shape index (κ2) is 7.29. The van der Waals surface area contributed by atoms with Crippen molar-refractivity contribution in [2.24, 2.45) is 0 Å². The van der Waals surface area contributed by atoms with Gasteiger partial charge in [-0.25, -0.2) is 0 Å². The molecule has 0 aromatic heterocycles. The van der Waals surface area contributed by atoms with Crippen molar-refractivity contribution < 1.29 is 4.74 Å². The molecular weight excluding hydrogens is 385 g/mol. The number of hydrogen-bond acceptors (Lipinski definition) is 2. The lowest BCUT2D eigenvalue weighted by Crippen LogP contribution is -2.17. The van der Waals surface area contributed by atoms with Crippen molar-refractivity contribution in [3.05, 3.63) is 56.6 Å². The Hall–Kier alpha value is -0.780. The fraction of sp³-hybridized carbons (Fsp3) is 0.250. The first-order chi connectivity index (χ1) is 9.60. The fourth-order valence-corrected chi connectivity index (χ4v) is 2.51. The number of halogens is 2. The highest BCUT2D eigenvalue weighted by molar-refractivity contribution is 14.1. The van der Waals surface area contributed by atoms with Crippen LogP contribution in [-0.4, -0.2) is 6.54 Å². The fourth-order valence-electron chi connectivity index (χ4n) is 1.92. The Balaban J connectivity index is 2.15. The Morgan fingerprint density at radius 2 is 1.90 bits per heavy atom. The maximum atomic E-state index is 6.30. The predicted molar refractivity (Wildman–Crippen MR) is 92.8 cm³/mol. The van der Waals surface area contributed by atoms with Gasteiger partial charge in [-0.15, -0.1) is 0 Å². The van der Waals surface area contributed by atoms with Gasteiger partial charge in [-0.1, -0.05) is 24.6 Å². The summed E-state index contributed by atoms with van der Waals surface area (Å²) in [5.41, 5.74) is 1.16. The van der Waals surface area contributed by atoms with Crippen LogP contribution >= 0.6 is 34.2 Å². The summed E-state index contributed by atoms with van der Waals surface area (Å²) >= 11 is 8.57. The molecule has 2 aromatic rings. The molecule has 0 aliphatic heterocycles. The molecule has 0 saturated heterocycles. The summed E-state index contributed by atoms with van der Waals surface area (Å²) < 4.78 is 6.98. The number of benzene rings is 2. The minimum Gasteiger partial charge on any atom is -0.456 e. The van der Waals surface area contributed by atoms with Gasteiger partial charge in [0.15, 0.2) is 0 Å². The Morgan fingerprint density at radius 3 is 2.50 bits per heavy atom. The first-order valence-electron chi connectivity index (χ1n) is 6.56. The minimum atomic E-state index is 0.282. The molecule has 1 N–H and O–H groups in total. The molecule has 20 heavy (non-hydrogen) atoms. The number of nitrogens with one attached hydrogen (secondary N) is 1. The van der Waals surface area contributed by atoms with Crippen LogP contribution in [0.3, 0.4) is 0 Å². The molecule has 4 heteroatoms. The molecule has 1 unspecified atom stereocenters. The Morgan fingerprint density at radius 1 is 1.20 bits per heavy atom. The van der Waals surface area contributed by atoms with E-state index in [1.807, 2.05) is 42.5 Å². The molecule has 0 aliphatic carbocycles. The average molecular weight is 402 g/mol. The molecule has 2 nitrogen and oxygen atoms in total. The molecule has 0 bridgehead atoms. The van der Waals surface area contributed by atoms with Crippen LogP contribution in [0.4, 0.5) is 0 Å². The Bertz CT molecular complexity index is 571. The van der Waals surface area contributed by atoms with Gasteiger partial charge in [0.1, 0.15) is 11.5 Å². The zero-order valence-electron chi connectivity index (χ0n) is 11.5. The molecule has 106 valence electrons. The molecule has 1 atom stereocenters. The third-order valence-electron chi connectivity index (χ3n) is 3.01. The zero-order chi connectivity index (χ0) is 14.5. The first kappa shape index (κ1) is 15.6. The van der Waals surface area contributed by atoms with E-state index in [4.69, 9.17) is 16.3 Å². The summed E-state index contributed by atoms with van der Waals surface area (Å²) in [6.45, 7) is 5.14. The van der Waals surface area contributed by atoms with Gasteiger partial charge < -0.3 is 10.1 Å². The van der Waals surface area contributed by atoms with E-state index in [2.05, 4.69) is 41.8 Å². The molecule has 2 aromatic carbocycles. The molecule has 0 radical (unpaired) electrons. The van der Waals surface area contributed by atoms with Crippen LogP contribution in [0.2, 0.25) is 5.02 Å². The molecule has 0 spiro atoms. The lowest BCUT2D eigenvalue weighted by atomic mass is 10.1. The van der Waals surface area contributed by atoms with Crippen LogP contribution in [0.25, 0.3) is 0 Å². The molecule has 2 rings (SSSR count). The van der Waals surface area contributed by atoms with Gasteiger partial charge in [0.05, 0.1) is 5.02 Å². The normalized spacial score (nSPS) is 12.2. The van der Waals surface area contributed by atoms with E-state index >= 15 is 0 Å². The van der Waals surface area contributed by atoms with Crippen LogP contribution in [0.5, 0.6) is 11.5 Å². The summed E-state index contributed by atoms with van der Waals surface area (Å²) in [6, 6.07) is 14.1. The van der Waals surface area contributed by atoms with Crippen LogP contribution in [-0.2, 0) is 0 Å². The quantitative estimate of drug-likeness (QED) is 0.677. The van der Waals surface area contributed by atoms with Crippen molar-refractivity contribution in [3.63, 3.8) is 0 Å². The van der Waals surface area contributed by atoms with E-state index in [-0.39, 0.29) is 6.04 Å². The predicted octanol–water partition coefficient (Wildman–Crippen LogP) is 5.41. The first-order valence-corrected chi connectivity index (χ1v) is 8.02. The van der Waals surface area contributed by atoms with Crippen molar-refractivity contribution in [3.8, 4) is 11.5 Å². The van der Waals surface area contributed by atoms with Gasteiger partial charge in [0, 0.05) is 9.61 Å². The van der Waals surface area contributed by atoms with Crippen molar-refractivity contribution in [2.75, 3.05) is 6.54 Å². The highest BCUT2D eigenvalue weighted by atomic mass is 127. The smallest absolute Gasteiger partial charge is 0.146 e. The Kier molecular flexibility index (Phi) is 5.69. The van der Waals surface area contributed by atoms with E-state index in [0.717, 1.165) is 17.9 Å². The lowest BCUT2D eigenvalue weighted by molar-refractivity contribution is 0.482. The summed E-state index contributed by atoms with van der Waals surface area (Å²) in [7, 11) is 0. The number of hydrogen-bond donors (Lipinski definition) is 1. The van der Waals surface area contributed by atoms with E-state index in [1.165, 1.54) is 3.57 Å². The topological polar surface area (TPSA) is 21.3 Å². The monoisotopic (exact) mass is 401 g/mol. The average Bonchev–Trinajstić information content (AvgIpc) is 2.43. The highest BCUT2D eigenvalue weighted by Gasteiger charge is 2.08. The molecule has 0 fully saturated rings. The Labute approximate surface area is 138 Å². The summed E-state index contributed by atoms with van der Waals surface area (Å²) in [5, 5.41) is 3.99. The molecular formula is C16H17ClINO. The molecule has 0 saturated carbocycles. The van der Waals surface area contributed by atoms with E-state index in [0.29, 0.717) is 10.8 Å². The molecule has 0 heterocycles. The van der Waals surface area contributed by atoms with Crippen molar-refractivity contribution in [2.45, 2.75) is 19.9 Å². The summed E-state index contributed by atoms with van der Waals surface area (Å²) in [4.78, 5) is 0. The maximum Gasteiger partial charge on any atom is 0.146 e. The number of ether oxygens (including phenoxy) is 1. The van der Waals surface area contributed by atoms with Crippen LogP contribution in [0, 0.1) is 3.57 Å². The lowest BCUT2D eigenvalue weighted by Gasteiger charge is -2.14. The summed E-state index contributed by atoms with van der Waals surface area (Å²) in [6.07, 6.45) is 0. The summed E-state index contributed by atoms with van der Waals surface area (Å²) in [5.74, 6) is 1.47. The van der Waals surface area contributed by atoms with E-state index in [1.54, 1.807) is 0 Å². The second-order valence-electron chi connectivity index (χ2n) is 4.53. The third-order valence-corrected chi connectivity index (χ3v) is 4.02. The highest BCUT2D eigenvalue weighted by Crippen LogP contribution is 2.31. The molecule has 0 aliphatic rings. The van der Waals surface area contributed by atoms with Crippen LogP contribution in [0.15, 0.2) is 42.5 Å². The van der Waals surface area contributed by atoms with Crippen molar-refractivity contribution in [1.29, 1.82) is 0 Å². The van der Waals surface area contributed by atoms with Crippen LogP contribution < -0.4 is 10.1 Å². The van der Waals surface area contributed by atoms with Crippen molar-refractivity contribution in [1.82, 2.24) is 5.32 Å².